The minimum atomic E-state index is -1.24. The lowest BCUT2D eigenvalue weighted by Gasteiger charge is -2.07. The Labute approximate surface area is 95.7 Å². The average Bonchev–Trinajstić information content (AvgIpc) is 2.14. The Morgan fingerprint density at radius 1 is 1.13 bits per heavy atom. The monoisotopic (exact) mass is 238 g/mol. The number of hydrogen-bond donors (Lipinski definition) is 0. The Morgan fingerprint density at radius 2 is 1.67 bits per heavy atom. The zero-order valence-corrected chi connectivity index (χ0v) is 11.6. The Morgan fingerprint density at radius 3 is 2.13 bits per heavy atom. The molecule has 1 aromatic rings. The summed E-state index contributed by atoms with van der Waals surface area (Å²) in [5, 5.41) is 1.83. The minimum Gasteiger partial charge on any atom is -0.250 e. The molecule has 0 aliphatic carbocycles. The van der Waals surface area contributed by atoms with Crippen LogP contribution >= 0.6 is 0 Å². The van der Waals surface area contributed by atoms with E-state index in [0.717, 1.165) is 4.90 Å². The van der Waals surface area contributed by atoms with E-state index in [-0.39, 0.29) is 0 Å². The van der Waals surface area contributed by atoms with E-state index in [1.165, 1.54) is 5.56 Å². The lowest BCUT2D eigenvalue weighted by atomic mass is 10.2. The van der Waals surface area contributed by atoms with Gasteiger partial charge in [0.05, 0.1) is 18.9 Å². The van der Waals surface area contributed by atoms with Gasteiger partial charge < -0.3 is 0 Å². The van der Waals surface area contributed by atoms with Crippen molar-refractivity contribution in [3.05, 3.63) is 40.9 Å². The first kappa shape index (κ1) is 12.4. The van der Waals surface area contributed by atoms with Crippen molar-refractivity contribution in [2.45, 2.75) is 31.5 Å². The van der Waals surface area contributed by atoms with E-state index in [4.69, 9.17) is 0 Å². The maximum Gasteiger partial charge on any atom is 0.0768 e. The zero-order valence-electron chi connectivity index (χ0n) is 9.78. The summed E-state index contributed by atoms with van der Waals surface area (Å²) >= 11 is 0. The SMILES string of the molecule is Cc1ccc([S@@](=O)/C=C/[Si](C)(C)C)cc1. The molecule has 0 aliphatic heterocycles. The molecule has 0 aliphatic rings. The van der Waals surface area contributed by atoms with Crippen LogP contribution in [-0.2, 0) is 10.8 Å². The van der Waals surface area contributed by atoms with Gasteiger partial charge in [-0.25, -0.2) is 4.21 Å². The molecule has 0 bridgehead atoms. The van der Waals surface area contributed by atoms with Gasteiger partial charge in [0, 0.05) is 4.90 Å². The second-order valence-electron chi connectivity index (χ2n) is 4.78. The van der Waals surface area contributed by atoms with Crippen LogP contribution in [0.4, 0.5) is 0 Å². The summed E-state index contributed by atoms with van der Waals surface area (Å²) in [4.78, 5) is 0.884. The van der Waals surface area contributed by atoms with Gasteiger partial charge in [-0.05, 0) is 24.5 Å². The molecule has 0 heterocycles. The minimum absolute atomic E-state index is 0.884. The van der Waals surface area contributed by atoms with Crippen LogP contribution in [-0.4, -0.2) is 12.3 Å². The largest absolute Gasteiger partial charge is 0.250 e. The Kier molecular flexibility index (Phi) is 4.05. The molecule has 0 unspecified atom stereocenters. The summed E-state index contributed by atoms with van der Waals surface area (Å²) in [6, 6.07) is 7.85. The maximum absolute atomic E-state index is 11.8. The first-order chi connectivity index (χ1) is 6.88. The highest BCUT2D eigenvalue weighted by Crippen LogP contribution is 2.11. The lowest BCUT2D eigenvalue weighted by Crippen LogP contribution is -2.15. The fourth-order valence-corrected chi connectivity index (χ4v) is 3.71. The van der Waals surface area contributed by atoms with Gasteiger partial charge >= 0.3 is 0 Å². The molecule has 82 valence electrons. The van der Waals surface area contributed by atoms with E-state index in [1.54, 1.807) is 0 Å². The molecule has 0 N–H and O–H groups in total. The highest BCUT2D eigenvalue weighted by atomic mass is 32.2. The predicted molar refractivity (Wildman–Crippen MR) is 70.1 cm³/mol. The number of rotatable bonds is 3. The number of aryl methyl sites for hydroxylation is 1. The molecule has 0 saturated heterocycles. The van der Waals surface area contributed by atoms with Crippen LogP contribution in [0.5, 0.6) is 0 Å². The predicted octanol–water partition coefficient (Wildman–Crippen LogP) is 3.49. The van der Waals surface area contributed by atoms with Gasteiger partial charge in [-0.2, -0.15) is 0 Å². The second kappa shape index (κ2) is 4.90. The molecule has 0 saturated carbocycles. The zero-order chi connectivity index (χ0) is 11.5. The molecule has 1 rings (SSSR count). The molecule has 1 aromatic carbocycles. The van der Waals surface area contributed by atoms with E-state index in [1.807, 2.05) is 36.6 Å². The third-order valence-electron chi connectivity index (χ3n) is 1.94. The topological polar surface area (TPSA) is 17.1 Å². The average molecular weight is 238 g/mol. The van der Waals surface area contributed by atoms with Crippen molar-refractivity contribution >= 4 is 18.9 Å². The number of hydrogen-bond acceptors (Lipinski definition) is 1. The van der Waals surface area contributed by atoms with Gasteiger partial charge in [0.25, 0.3) is 0 Å². The van der Waals surface area contributed by atoms with Crippen molar-refractivity contribution in [2.75, 3.05) is 0 Å². The van der Waals surface area contributed by atoms with Gasteiger partial charge in [0.15, 0.2) is 0 Å². The second-order valence-corrected chi connectivity index (χ2v) is 11.2. The first-order valence-corrected chi connectivity index (χ1v) is 9.84. The third kappa shape index (κ3) is 4.58. The third-order valence-corrected chi connectivity index (χ3v) is 4.47. The van der Waals surface area contributed by atoms with Crippen LogP contribution in [0.1, 0.15) is 5.56 Å². The quantitative estimate of drug-likeness (QED) is 0.737. The highest BCUT2D eigenvalue weighted by Gasteiger charge is 2.08. The van der Waals surface area contributed by atoms with E-state index >= 15 is 0 Å². The molecular weight excluding hydrogens is 220 g/mol. The molecular formula is C12H18OSSi. The van der Waals surface area contributed by atoms with Gasteiger partial charge in [-0.1, -0.05) is 43.0 Å². The van der Waals surface area contributed by atoms with E-state index in [0.29, 0.717) is 0 Å². The fourth-order valence-electron chi connectivity index (χ4n) is 1.02. The molecule has 3 heteroatoms. The molecule has 0 aromatic heterocycles. The molecule has 0 fully saturated rings. The Hall–Kier alpha value is -0.673. The van der Waals surface area contributed by atoms with Gasteiger partial charge in [-0.3, -0.25) is 0 Å². The Bertz CT molecular complexity index is 374. The van der Waals surface area contributed by atoms with Crippen LogP contribution in [0.25, 0.3) is 0 Å². The van der Waals surface area contributed by atoms with Crippen molar-refractivity contribution in [1.29, 1.82) is 0 Å². The normalized spacial score (nSPS) is 14.4. The summed E-state index contributed by atoms with van der Waals surface area (Å²) in [6.45, 7) is 8.73. The molecule has 1 atom stereocenters. The molecule has 0 amide bonds. The fraction of sp³-hybridized carbons (Fsp3) is 0.333. The Balaban J connectivity index is 2.78. The van der Waals surface area contributed by atoms with Crippen molar-refractivity contribution in [2.24, 2.45) is 0 Å². The van der Waals surface area contributed by atoms with E-state index < -0.39 is 18.9 Å². The van der Waals surface area contributed by atoms with Crippen LogP contribution in [0.3, 0.4) is 0 Å². The summed E-state index contributed by atoms with van der Waals surface area (Å²) < 4.78 is 11.8. The first-order valence-electron chi connectivity index (χ1n) is 5.05. The van der Waals surface area contributed by atoms with Crippen LogP contribution < -0.4 is 0 Å². The van der Waals surface area contributed by atoms with Gasteiger partial charge in [-0.15, -0.1) is 0 Å². The van der Waals surface area contributed by atoms with Crippen LogP contribution in [0.2, 0.25) is 19.6 Å². The van der Waals surface area contributed by atoms with Gasteiger partial charge in [0.1, 0.15) is 0 Å². The highest BCUT2D eigenvalue weighted by molar-refractivity contribution is 7.88. The summed E-state index contributed by atoms with van der Waals surface area (Å²) in [5.41, 5.74) is 3.33. The number of benzene rings is 1. The van der Waals surface area contributed by atoms with Crippen molar-refractivity contribution < 1.29 is 4.21 Å². The standard InChI is InChI=1S/C12H18OSSi/c1-11-5-7-12(8-6-11)14(13)9-10-15(2,3)4/h5-10H,1-4H3/b10-9+/t14-/m0/s1. The smallest absolute Gasteiger partial charge is 0.0768 e. The molecule has 0 radical (unpaired) electrons. The van der Waals surface area contributed by atoms with E-state index in [9.17, 15) is 4.21 Å². The van der Waals surface area contributed by atoms with Crippen molar-refractivity contribution in [1.82, 2.24) is 0 Å². The summed E-state index contributed by atoms with van der Waals surface area (Å²) in [7, 11) is -2.22. The molecule has 1 nitrogen and oxygen atoms in total. The van der Waals surface area contributed by atoms with E-state index in [2.05, 4.69) is 25.3 Å². The molecule has 0 spiro atoms. The summed E-state index contributed by atoms with van der Waals surface area (Å²) in [6.07, 6.45) is 0. The van der Waals surface area contributed by atoms with Crippen LogP contribution in [0.15, 0.2) is 40.3 Å². The van der Waals surface area contributed by atoms with Crippen molar-refractivity contribution in [3.63, 3.8) is 0 Å². The van der Waals surface area contributed by atoms with Crippen LogP contribution in [0, 0.1) is 6.92 Å². The van der Waals surface area contributed by atoms with Crippen molar-refractivity contribution in [3.8, 4) is 0 Å². The molecule has 15 heavy (non-hydrogen) atoms. The lowest BCUT2D eigenvalue weighted by molar-refractivity contribution is 0.688. The summed E-state index contributed by atoms with van der Waals surface area (Å²) in [5.74, 6) is 0. The maximum atomic E-state index is 11.8. The van der Waals surface area contributed by atoms with Gasteiger partial charge in [0.2, 0.25) is 0 Å².